The number of carboxylic acid groups (broad SMARTS) is 1. The molecule has 1 fully saturated rings. The first-order chi connectivity index (χ1) is 11.2. The lowest BCUT2D eigenvalue weighted by Crippen LogP contribution is -2.34. The van der Waals surface area contributed by atoms with Crippen LogP contribution in [0.1, 0.15) is 36.5 Å². The van der Waals surface area contributed by atoms with Gasteiger partial charge in [0.25, 0.3) is 5.91 Å². The molecular formula is C15H20N2O6S. The average molecular weight is 356 g/mol. The van der Waals surface area contributed by atoms with E-state index in [-0.39, 0.29) is 28.7 Å². The molecule has 1 aromatic rings. The summed E-state index contributed by atoms with van der Waals surface area (Å²) in [5.74, 6) is -1.44. The number of benzene rings is 1. The first-order valence-corrected chi connectivity index (χ1v) is 8.94. The van der Waals surface area contributed by atoms with E-state index in [1.54, 1.807) is 6.92 Å². The number of hydrogen-bond acceptors (Lipinski definition) is 5. The summed E-state index contributed by atoms with van der Waals surface area (Å²) in [5, 5.41) is 11.2. The van der Waals surface area contributed by atoms with Gasteiger partial charge in [-0.25, -0.2) is 13.1 Å². The molecule has 2 rings (SSSR count). The molecule has 1 unspecified atom stereocenters. The molecule has 1 aliphatic carbocycles. The standard InChI is InChI=1S/C15H20N2O6S/c1-9(7-14(18)19)16-15(20)10-3-6-12(23-2)13(8-10)24(21,22)17-11-4-5-11/h3,6,8-9,11,17H,4-5,7H2,1-2H3,(H,16,20)(H,18,19). The Labute approximate surface area is 140 Å². The molecule has 1 saturated carbocycles. The van der Waals surface area contributed by atoms with Crippen LogP contribution in [-0.2, 0) is 14.8 Å². The van der Waals surface area contributed by atoms with Crippen LogP contribution in [0.25, 0.3) is 0 Å². The summed E-state index contributed by atoms with van der Waals surface area (Å²) in [4.78, 5) is 22.7. The Hall–Kier alpha value is -2.13. The lowest BCUT2D eigenvalue weighted by atomic mass is 10.1. The normalized spacial score (nSPS) is 15.6. The maximum Gasteiger partial charge on any atom is 0.305 e. The molecule has 0 saturated heterocycles. The summed E-state index contributed by atoms with van der Waals surface area (Å²) in [6.07, 6.45) is 1.35. The van der Waals surface area contributed by atoms with E-state index < -0.39 is 27.9 Å². The van der Waals surface area contributed by atoms with Crippen LogP contribution >= 0.6 is 0 Å². The molecule has 0 heterocycles. The van der Waals surface area contributed by atoms with Crippen LogP contribution in [0.15, 0.2) is 23.1 Å². The Morgan fingerprint density at radius 2 is 2.04 bits per heavy atom. The van der Waals surface area contributed by atoms with Crippen molar-refractivity contribution in [1.29, 1.82) is 0 Å². The monoisotopic (exact) mass is 356 g/mol. The number of carboxylic acids is 1. The molecule has 0 radical (unpaired) electrons. The summed E-state index contributed by atoms with van der Waals surface area (Å²) >= 11 is 0. The second kappa shape index (κ2) is 7.18. The van der Waals surface area contributed by atoms with Gasteiger partial charge < -0.3 is 15.2 Å². The number of ether oxygens (including phenoxy) is 1. The predicted octanol–water partition coefficient (Wildman–Crippen LogP) is 0.729. The number of amides is 1. The van der Waals surface area contributed by atoms with Crippen molar-refractivity contribution in [3.05, 3.63) is 23.8 Å². The van der Waals surface area contributed by atoms with Gasteiger partial charge in [-0.3, -0.25) is 9.59 Å². The van der Waals surface area contributed by atoms with E-state index in [1.165, 1.54) is 25.3 Å². The second-order valence-corrected chi connectivity index (χ2v) is 7.42. The van der Waals surface area contributed by atoms with Crippen molar-refractivity contribution >= 4 is 21.9 Å². The predicted molar refractivity (Wildman–Crippen MR) is 85.5 cm³/mol. The zero-order valence-corrected chi connectivity index (χ0v) is 14.2. The first kappa shape index (κ1) is 18.2. The summed E-state index contributed by atoms with van der Waals surface area (Å²) in [6.45, 7) is 1.56. The molecule has 0 bridgehead atoms. The van der Waals surface area contributed by atoms with Gasteiger partial charge in [-0.05, 0) is 38.0 Å². The van der Waals surface area contributed by atoms with Crippen LogP contribution in [0.5, 0.6) is 5.75 Å². The fourth-order valence-corrected chi connectivity index (χ4v) is 3.63. The van der Waals surface area contributed by atoms with Crippen molar-refractivity contribution in [2.24, 2.45) is 0 Å². The third kappa shape index (κ3) is 4.68. The van der Waals surface area contributed by atoms with Crippen molar-refractivity contribution in [1.82, 2.24) is 10.0 Å². The Kier molecular flexibility index (Phi) is 5.45. The SMILES string of the molecule is COc1ccc(C(=O)NC(C)CC(=O)O)cc1S(=O)(=O)NC1CC1. The molecule has 1 aliphatic rings. The van der Waals surface area contributed by atoms with Gasteiger partial charge in [0.2, 0.25) is 10.0 Å². The minimum absolute atomic E-state index is 0.0761. The highest BCUT2D eigenvalue weighted by molar-refractivity contribution is 7.89. The highest BCUT2D eigenvalue weighted by atomic mass is 32.2. The van der Waals surface area contributed by atoms with Gasteiger partial charge >= 0.3 is 5.97 Å². The number of methoxy groups -OCH3 is 1. The van der Waals surface area contributed by atoms with Crippen LogP contribution in [0.3, 0.4) is 0 Å². The Bertz CT molecular complexity index is 742. The average Bonchev–Trinajstić information content (AvgIpc) is 3.28. The fourth-order valence-electron chi connectivity index (χ4n) is 2.13. The van der Waals surface area contributed by atoms with Gasteiger partial charge in [0.05, 0.1) is 13.5 Å². The topological polar surface area (TPSA) is 122 Å². The van der Waals surface area contributed by atoms with Crippen LogP contribution in [0.4, 0.5) is 0 Å². The van der Waals surface area contributed by atoms with Crippen molar-refractivity contribution < 1.29 is 27.9 Å². The maximum absolute atomic E-state index is 12.4. The molecule has 24 heavy (non-hydrogen) atoms. The number of rotatable bonds is 8. The van der Waals surface area contributed by atoms with Gasteiger partial charge in [0.15, 0.2) is 0 Å². The molecule has 0 spiro atoms. The van der Waals surface area contributed by atoms with Gasteiger partial charge in [-0.1, -0.05) is 0 Å². The second-order valence-electron chi connectivity index (χ2n) is 5.73. The Morgan fingerprint density at radius 1 is 1.38 bits per heavy atom. The van der Waals surface area contributed by atoms with Crippen molar-refractivity contribution in [2.45, 2.75) is 43.2 Å². The molecule has 1 amide bonds. The van der Waals surface area contributed by atoms with E-state index in [2.05, 4.69) is 10.0 Å². The number of aliphatic carboxylic acids is 1. The summed E-state index contributed by atoms with van der Waals surface area (Å²) in [6, 6.07) is 3.40. The van der Waals surface area contributed by atoms with E-state index in [0.717, 1.165) is 12.8 Å². The summed E-state index contributed by atoms with van der Waals surface area (Å²) in [5.41, 5.74) is 0.115. The highest BCUT2D eigenvalue weighted by Crippen LogP contribution is 2.28. The van der Waals surface area contributed by atoms with Crippen LogP contribution in [0.2, 0.25) is 0 Å². The Balaban J connectivity index is 2.24. The fraction of sp³-hybridized carbons (Fsp3) is 0.467. The van der Waals surface area contributed by atoms with Gasteiger partial charge in [0.1, 0.15) is 10.6 Å². The molecule has 3 N–H and O–H groups in total. The van der Waals surface area contributed by atoms with Crippen molar-refractivity contribution in [2.75, 3.05) is 7.11 Å². The molecule has 0 aromatic heterocycles. The smallest absolute Gasteiger partial charge is 0.305 e. The molecule has 9 heteroatoms. The molecule has 1 aromatic carbocycles. The zero-order valence-electron chi connectivity index (χ0n) is 13.4. The molecule has 132 valence electrons. The van der Waals surface area contributed by atoms with Gasteiger partial charge in [-0.2, -0.15) is 0 Å². The number of sulfonamides is 1. The van der Waals surface area contributed by atoms with E-state index >= 15 is 0 Å². The summed E-state index contributed by atoms with van der Waals surface area (Å²) < 4.78 is 32.4. The Morgan fingerprint density at radius 3 is 2.58 bits per heavy atom. The van der Waals surface area contributed by atoms with E-state index in [9.17, 15) is 18.0 Å². The van der Waals surface area contributed by atoms with Crippen LogP contribution in [0, 0.1) is 0 Å². The maximum atomic E-state index is 12.4. The van der Waals surface area contributed by atoms with E-state index in [4.69, 9.17) is 9.84 Å². The third-order valence-electron chi connectivity index (χ3n) is 3.47. The first-order valence-electron chi connectivity index (χ1n) is 7.46. The van der Waals surface area contributed by atoms with E-state index in [1.807, 2.05) is 0 Å². The third-order valence-corrected chi connectivity index (χ3v) is 5.01. The number of nitrogens with one attached hydrogen (secondary N) is 2. The number of carbonyl (C=O) groups is 2. The van der Waals surface area contributed by atoms with Crippen LogP contribution < -0.4 is 14.8 Å². The number of carbonyl (C=O) groups excluding carboxylic acids is 1. The molecular weight excluding hydrogens is 336 g/mol. The lowest BCUT2D eigenvalue weighted by molar-refractivity contribution is -0.137. The van der Waals surface area contributed by atoms with Crippen molar-refractivity contribution in [3.8, 4) is 5.75 Å². The largest absolute Gasteiger partial charge is 0.495 e. The lowest BCUT2D eigenvalue weighted by Gasteiger charge is -2.14. The molecule has 0 aliphatic heterocycles. The number of hydrogen-bond donors (Lipinski definition) is 3. The minimum Gasteiger partial charge on any atom is -0.495 e. The summed E-state index contributed by atoms with van der Waals surface area (Å²) in [7, 11) is -2.45. The molecule has 8 nitrogen and oxygen atoms in total. The molecule has 1 atom stereocenters. The van der Waals surface area contributed by atoms with Crippen LogP contribution in [-0.4, -0.2) is 44.6 Å². The highest BCUT2D eigenvalue weighted by Gasteiger charge is 2.30. The quantitative estimate of drug-likeness (QED) is 0.631. The van der Waals surface area contributed by atoms with Gasteiger partial charge in [0, 0.05) is 17.6 Å². The minimum atomic E-state index is -3.79. The van der Waals surface area contributed by atoms with Gasteiger partial charge in [-0.15, -0.1) is 0 Å². The zero-order chi connectivity index (χ0) is 17.9. The van der Waals surface area contributed by atoms with E-state index in [0.29, 0.717) is 0 Å². The van der Waals surface area contributed by atoms with Crippen molar-refractivity contribution in [3.63, 3.8) is 0 Å².